The summed E-state index contributed by atoms with van der Waals surface area (Å²) in [6.45, 7) is 0.779. The third-order valence-electron chi connectivity index (χ3n) is 7.93. The van der Waals surface area contributed by atoms with Crippen molar-refractivity contribution in [3.05, 3.63) is 89.6 Å². The van der Waals surface area contributed by atoms with Crippen LogP contribution in [0.4, 0.5) is 0 Å². The third kappa shape index (κ3) is 6.43. The highest BCUT2D eigenvalue weighted by atomic mass is 16.5. The van der Waals surface area contributed by atoms with E-state index in [0.29, 0.717) is 49.5 Å². The Labute approximate surface area is 249 Å². The summed E-state index contributed by atoms with van der Waals surface area (Å²) >= 11 is 0. The maximum Gasteiger partial charge on any atom is 0.258 e. The minimum atomic E-state index is -0.447. The second kappa shape index (κ2) is 12.5. The number of aromatic amines is 1. The van der Waals surface area contributed by atoms with Gasteiger partial charge in [0.15, 0.2) is 18.1 Å². The average Bonchev–Trinajstić information content (AvgIpc) is 3.63. The zero-order valence-corrected chi connectivity index (χ0v) is 23.9. The van der Waals surface area contributed by atoms with Crippen LogP contribution in [0.25, 0.3) is 10.9 Å². The van der Waals surface area contributed by atoms with E-state index < -0.39 is 12.1 Å². The Morgan fingerprint density at radius 1 is 1.05 bits per heavy atom. The van der Waals surface area contributed by atoms with Crippen LogP contribution in [0, 0.1) is 0 Å². The summed E-state index contributed by atoms with van der Waals surface area (Å²) in [7, 11) is 1.49. The number of methoxy groups -OCH3 is 1. The lowest BCUT2D eigenvalue weighted by atomic mass is 10.1. The van der Waals surface area contributed by atoms with Crippen molar-refractivity contribution in [1.29, 1.82) is 0 Å². The maximum atomic E-state index is 13.4. The Morgan fingerprint density at radius 3 is 2.72 bits per heavy atom. The van der Waals surface area contributed by atoms with Crippen LogP contribution < -0.4 is 24.8 Å². The average molecular weight is 583 g/mol. The van der Waals surface area contributed by atoms with Crippen LogP contribution in [0.3, 0.4) is 0 Å². The summed E-state index contributed by atoms with van der Waals surface area (Å²) in [6.07, 6.45) is 3.46. The number of fused-ring (bicyclic) bond motifs is 8. The van der Waals surface area contributed by atoms with Crippen LogP contribution in [0.5, 0.6) is 17.2 Å². The van der Waals surface area contributed by atoms with Gasteiger partial charge in [-0.1, -0.05) is 30.3 Å². The van der Waals surface area contributed by atoms with E-state index in [0.717, 1.165) is 17.5 Å². The number of benzene rings is 3. The molecule has 0 aliphatic carbocycles. The van der Waals surface area contributed by atoms with Crippen LogP contribution in [-0.2, 0) is 22.6 Å². The fourth-order valence-electron chi connectivity index (χ4n) is 5.60. The lowest BCUT2D eigenvalue weighted by Gasteiger charge is -2.21. The van der Waals surface area contributed by atoms with Crippen molar-refractivity contribution in [2.75, 3.05) is 26.8 Å². The Bertz CT molecular complexity index is 1630. The molecule has 0 spiro atoms. The van der Waals surface area contributed by atoms with E-state index in [4.69, 9.17) is 14.2 Å². The van der Waals surface area contributed by atoms with Crippen LogP contribution >= 0.6 is 0 Å². The zero-order chi connectivity index (χ0) is 29.8. The number of aromatic nitrogens is 1. The van der Waals surface area contributed by atoms with Crippen molar-refractivity contribution in [2.24, 2.45) is 0 Å². The molecule has 0 radical (unpaired) electrons. The monoisotopic (exact) mass is 582 g/mol. The summed E-state index contributed by atoms with van der Waals surface area (Å²) in [5.41, 5.74) is 3.52. The van der Waals surface area contributed by atoms with Gasteiger partial charge in [-0.15, -0.1) is 0 Å². The first-order chi connectivity index (χ1) is 21.0. The molecule has 1 aromatic heterocycles. The molecule has 4 heterocycles. The number of likely N-dealkylation sites (tertiary alicyclic amines) is 1. The summed E-state index contributed by atoms with van der Waals surface area (Å²) in [4.78, 5) is 44.2. The molecular weight excluding hydrogens is 548 g/mol. The molecule has 3 N–H and O–H groups in total. The molecule has 10 heteroatoms. The molecule has 4 bridgehead atoms. The largest absolute Gasteiger partial charge is 0.493 e. The van der Waals surface area contributed by atoms with Crippen LogP contribution in [-0.4, -0.2) is 66.6 Å². The number of nitrogens with one attached hydrogen (secondary N) is 3. The standard InChI is InChI=1S/C33H34N4O6/c1-41-28-14-11-22-15-29(28)42-20-31(38)35-16-21-9-12-24(13-10-21)43-30-19-37(18-27(30)36-33(22)40)32(39)8-4-5-23-17-34-26-7-3-2-6-25(23)26/h2-3,6-7,9-15,17,27,30,34H,4-5,8,16,18-20H2,1H3,(H,35,38)(H,36,40)/t27-,30-/m0/s1. The SMILES string of the molecule is COc1ccc2cc1OCC(=O)NCc1ccc(cc1)O[C@H]1CN(C(=O)CCCc3c[nH]c4ccccc34)C[C@@H]1NC2=O. The highest BCUT2D eigenvalue weighted by Gasteiger charge is 2.38. The number of hydrogen-bond acceptors (Lipinski definition) is 6. The molecule has 3 amide bonds. The number of carbonyl (C=O) groups is 3. The van der Waals surface area contributed by atoms with E-state index in [1.807, 2.05) is 48.7 Å². The predicted molar refractivity (Wildman–Crippen MR) is 160 cm³/mol. The fraction of sp³-hybridized carbons (Fsp3) is 0.303. The van der Waals surface area contributed by atoms with Crippen LogP contribution in [0.2, 0.25) is 0 Å². The number of amides is 3. The lowest BCUT2D eigenvalue weighted by molar-refractivity contribution is -0.130. The second-order valence-electron chi connectivity index (χ2n) is 10.8. The molecule has 4 aromatic rings. The van der Waals surface area contributed by atoms with Crippen molar-refractivity contribution < 1.29 is 28.6 Å². The van der Waals surface area contributed by atoms with E-state index in [1.54, 1.807) is 23.1 Å². The Hall–Kier alpha value is -4.99. The Balaban J connectivity index is 1.18. The van der Waals surface area contributed by atoms with E-state index in [9.17, 15) is 14.4 Å². The number of aryl methyl sites for hydroxylation is 1. The van der Waals surface area contributed by atoms with Gasteiger partial charge in [0.1, 0.15) is 11.9 Å². The molecule has 0 saturated carbocycles. The molecule has 222 valence electrons. The second-order valence-corrected chi connectivity index (χ2v) is 10.8. The van der Waals surface area contributed by atoms with Gasteiger partial charge >= 0.3 is 0 Å². The van der Waals surface area contributed by atoms with E-state index >= 15 is 0 Å². The Kier molecular flexibility index (Phi) is 8.17. The topological polar surface area (TPSA) is 122 Å². The number of para-hydroxylation sites is 1. The molecular formula is C33H34N4O6. The van der Waals surface area contributed by atoms with Gasteiger partial charge in [0, 0.05) is 42.2 Å². The summed E-state index contributed by atoms with van der Waals surface area (Å²) in [5.74, 6) is 0.686. The van der Waals surface area contributed by atoms with E-state index in [-0.39, 0.29) is 30.1 Å². The highest BCUT2D eigenvalue weighted by molar-refractivity contribution is 5.95. The number of ether oxygens (including phenoxy) is 3. The number of hydrogen-bond donors (Lipinski definition) is 3. The summed E-state index contributed by atoms with van der Waals surface area (Å²) in [6, 6.07) is 19.9. The number of nitrogens with zero attached hydrogens (tertiary/aromatic N) is 1. The predicted octanol–water partition coefficient (Wildman–Crippen LogP) is 3.60. The van der Waals surface area contributed by atoms with Gasteiger partial charge in [0.05, 0.1) is 19.7 Å². The first-order valence-electron chi connectivity index (χ1n) is 14.4. The van der Waals surface area contributed by atoms with Gasteiger partial charge in [-0.2, -0.15) is 0 Å². The molecule has 3 aliphatic heterocycles. The third-order valence-corrected chi connectivity index (χ3v) is 7.93. The van der Waals surface area contributed by atoms with E-state index in [1.165, 1.54) is 18.1 Å². The van der Waals surface area contributed by atoms with Gasteiger partial charge in [0.2, 0.25) is 5.91 Å². The lowest BCUT2D eigenvalue weighted by Crippen LogP contribution is -2.45. The molecule has 10 nitrogen and oxygen atoms in total. The molecule has 43 heavy (non-hydrogen) atoms. The van der Waals surface area contributed by atoms with Crippen molar-refractivity contribution in [1.82, 2.24) is 20.5 Å². The minimum absolute atomic E-state index is 0.0264. The fourth-order valence-corrected chi connectivity index (χ4v) is 5.60. The van der Waals surface area contributed by atoms with Crippen molar-refractivity contribution in [3.63, 3.8) is 0 Å². The minimum Gasteiger partial charge on any atom is -0.493 e. The molecule has 0 unspecified atom stereocenters. The first-order valence-corrected chi connectivity index (χ1v) is 14.4. The normalized spacial score (nSPS) is 18.7. The molecule has 3 aromatic carbocycles. The quantitative estimate of drug-likeness (QED) is 0.331. The van der Waals surface area contributed by atoms with Crippen molar-refractivity contribution in [2.45, 2.75) is 38.0 Å². The number of carbonyl (C=O) groups excluding carboxylic acids is 3. The highest BCUT2D eigenvalue weighted by Crippen LogP contribution is 2.29. The van der Waals surface area contributed by atoms with Crippen LogP contribution in [0.15, 0.2) is 72.9 Å². The van der Waals surface area contributed by atoms with E-state index in [2.05, 4.69) is 21.7 Å². The zero-order valence-electron chi connectivity index (χ0n) is 23.9. The molecule has 3 aliphatic rings. The molecule has 1 saturated heterocycles. The van der Waals surface area contributed by atoms with Gasteiger partial charge in [-0.25, -0.2) is 0 Å². The van der Waals surface area contributed by atoms with Crippen LogP contribution in [0.1, 0.15) is 34.3 Å². The molecule has 2 atom stereocenters. The van der Waals surface area contributed by atoms with Gasteiger partial charge in [-0.05, 0) is 60.4 Å². The smallest absolute Gasteiger partial charge is 0.258 e. The number of H-pyrrole nitrogens is 1. The number of rotatable bonds is 5. The van der Waals surface area contributed by atoms with Gasteiger partial charge < -0.3 is 34.7 Å². The van der Waals surface area contributed by atoms with Crippen molar-refractivity contribution in [3.8, 4) is 17.2 Å². The summed E-state index contributed by atoms with van der Waals surface area (Å²) < 4.78 is 17.4. The molecule has 1 fully saturated rings. The summed E-state index contributed by atoms with van der Waals surface area (Å²) in [5, 5.41) is 7.07. The Morgan fingerprint density at radius 2 is 1.88 bits per heavy atom. The maximum absolute atomic E-state index is 13.4. The first kappa shape index (κ1) is 28.1. The van der Waals surface area contributed by atoms with Gasteiger partial charge in [-0.3, -0.25) is 14.4 Å². The van der Waals surface area contributed by atoms with Crippen molar-refractivity contribution >= 4 is 28.6 Å². The van der Waals surface area contributed by atoms with Gasteiger partial charge in [0.25, 0.3) is 11.8 Å². The molecule has 7 rings (SSSR count).